The van der Waals surface area contributed by atoms with E-state index in [1.807, 2.05) is 4.90 Å². The number of nitrogens with one attached hydrogen (secondary N) is 1. The number of H-pyrrole nitrogens is 1. The summed E-state index contributed by atoms with van der Waals surface area (Å²) in [5, 5.41) is 7.00. The standard InChI is InChI=1S/C15H24N4O2/c1-11(2)14-13(9-16-17-14)15(20)19-4-3-12(10-19)18-5-7-21-8-6-18/h9,11-12H,3-8,10H2,1-2H3,(H,16,17)/t12-/m0/s1. The van der Waals surface area contributed by atoms with Gasteiger partial charge in [0.25, 0.3) is 5.91 Å². The summed E-state index contributed by atoms with van der Waals surface area (Å²) in [5.74, 6) is 0.396. The minimum absolute atomic E-state index is 0.114. The van der Waals surface area contributed by atoms with Gasteiger partial charge < -0.3 is 9.64 Å². The van der Waals surface area contributed by atoms with E-state index < -0.39 is 0 Å². The van der Waals surface area contributed by atoms with E-state index >= 15 is 0 Å². The number of morpholine rings is 1. The average molecular weight is 292 g/mol. The molecule has 1 N–H and O–H groups in total. The Kier molecular flexibility index (Phi) is 4.26. The van der Waals surface area contributed by atoms with Crippen molar-refractivity contribution in [3.63, 3.8) is 0 Å². The van der Waals surface area contributed by atoms with Crippen LogP contribution in [-0.4, -0.2) is 71.3 Å². The largest absolute Gasteiger partial charge is 0.379 e. The highest BCUT2D eigenvalue weighted by atomic mass is 16.5. The van der Waals surface area contributed by atoms with Gasteiger partial charge in [0.15, 0.2) is 0 Å². The molecule has 1 aromatic heterocycles. The zero-order valence-electron chi connectivity index (χ0n) is 12.8. The van der Waals surface area contributed by atoms with E-state index in [-0.39, 0.29) is 11.8 Å². The first-order chi connectivity index (χ1) is 10.2. The third-order valence-electron chi connectivity index (χ3n) is 4.49. The van der Waals surface area contributed by atoms with Crippen molar-refractivity contribution in [3.05, 3.63) is 17.5 Å². The van der Waals surface area contributed by atoms with Crippen LogP contribution in [0.3, 0.4) is 0 Å². The summed E-state index contributed by atoms with van der Waals surface area (Å²) >= 11 is 0. The second-order valence-electron chi connectivity index (χ2n) is 6.19. The van der Waals surface area contributed by atoms with Crippen molar-refractivity contribution in [2.75, 3.05) is 39.4 Å². The molecule has 0 radical (unpaired) electrons. The number of aromatic amines is 1. The molecule has 0 spiro atoms. The van der Waals surface area contributed by atoms with Crippen molar-refractivity contribution in [2.24, 2.45) is 0 Å². The Morgan fingerprint density at radius 2 is 2.14 bits per heavy atom. The molecule has 6 heteroatoms. The summed E-state index contributed by atoms with van der Waals surface area (Å²) in [6, 6.07) is 0.479. The van der Waals surface area contributed by atoms with Crippen molar-refractivity contribution in [3.8, 4) is 0 Å². The summed E-state index contributed by atoms with van der Waals surface area (Å²) < 4.78 is 5.40. The monoisotopic (exact) mass is 292 g/mol. The van der Waals surface area contributed by atoms with Crippen molar-refractivity contribution in [1.29, 1.82) is 0 Å². The molecule has 0 aliphatic carbocycles. The smallest absolute Gasteiger partial charge is 0.257 e. The van der Waals surface area contributed by atoms with E-state index in [1.54, 1.807) is 6.20 Å². The van der Waals surface area contributed by atoms with E-state index in [0.717, 1.165) is 57.1 Å². The molecule has 21 heavy (non-hydrogen) atoms. The molecular weight excluding hydrogens is 268 g/mol. The van der Waals surface area contributed by atoms with Gasteiger partial charge in [-0.1, -0.05) is 13.8 Å². The quantitative estimate of drug-likeness (QED) is 0.905. The van der Waals surface area contributed by atoms with Crippen molar-refractivity contribution < 1.29 is 9.53 Å². The fraction of sp³-hybridized carbons (Fsp3) is 0.733. The molecule has 2 aliphatic rings. The highest BCUT2D eigenvalue weighted by molar-refractivity contribution is 5.95. The van der Waals surface area contributed by atoms with Gasteiger partial charge in [-0.25, -0.2) is 0 Å². The van der Waals surface area contributed by atoms with Gasteiger partial charge in [0, 0.05) is 32.2 Å². The molecule has 0 saturated carbocycles. The highest BCUT2D eigenvalue weighted by Gasteiger charge is 2.32. The number of hydrogen-bond acceptors (Lipinski definition) is 4. The maximum Gasteiger partial charge on any atom is 0.257 e. The van der Waals surface area contributed by atoms with E-state index in [0.29, 0.717) is 6.04 Å². The number of aromatic nitrogens is 2. The summed E-state index contributed by atoms with van der Waals surface area (Å²) in [6.45, 7) is 9.39. The van der Waals surface area contributed by atoms with Crippen molar-refractivity contribution >= 4 is 5.91 Å². The number of nitrogens with zero attached hydrogens (tertiary/aromatic N) is 3. The molecule has 1 aromatic rings. The number of carbonyl (C=O) groups is 1. The molecular formula is C15H24N4O2. The Balaban J connectivity index is 1.65. The first-order valence-electron chi connectivity index (χ1n) is 7.81. The van der Waals surface area contributed by atoms with Gasteiger partial charge in [-0.2, -0.15) is 5.10 Å². The lowest BCUT2D eigenvalue weighted by molar-refractivity contribution is 0.0185. The number of amides is 1. The molecule has 0 bridgehead atoms. The summed E-state index contributed by atoms with van der Waals surface area (Å²) in [6.07, 6.45) is 2.72. The van der Waals surface area contributed by atoms with Crippen LogP contribution in [0.2, 0.25) is 0 Å². The molecule has 3 rings (SSSR count). The van der Waals surface area contributed by atoms with Crippen LogP contribution in [0.5, 0.6) is 0 Å². The van der Waals surface area contributed by atoms with Gasteiger partial charge in [-0.05, 0) is 12.3 Å². The maximum absolute atomic E-state index is 12.7. The van der Waals surface area contributed by atoms with Crippen LogP contribution in [0.1, 0.15) is 42.2 Å². The number of likely N-dealkylation sites (tertiary alicyclic amines) is 1. The predicted molar refractivity (Wildman–Crippen MR) is 79.4 cm³/mol. The summed E-state index contributed by atoms with van der Waals surface area (Å²) in [4.78, 5) is 17.1. The lowest BCUT2D eigenvalue weighted by Gasteiger charge is -2.32. The SMILES string of the molecule is CC(C)c1[nH]ncc1C(=O)N1CC[C@H](N2CCOCC2)C1. The normalized spacial score (nSPS) is 24.0. The topological polar surface area (TPSA) is 61.5 Å². The van der Waals surface area contributed by atoms with Gasteiger partial charge in [0.05, 0.1) is 30.7 Å². The van der Waals surface area contributed by atoms with Gasteiger partial charge in [-0.15, -0.1) is 0 Å². The lowest BCUT2D eigenvalue weighted by Crippen LogP contribution is -2.45. The lowest BCUT2D eigenvalue weighted by atomic mass is 10.1. The first kappa shape index (κ1) is 14.5. The fourth-order valence-corrected chi connectivity index (χ4v) is 3.24. The number of hydrogen-bond donors (Lipinski definition) is 1. The number of rotatable bonds is 3. The molecule has 1 amide bonds. The second kappa shape index (κ2) is 6.15. The van der Waals surface area contributed by atoms with E-state index in [4.69, 9.17) is 4.74 Å². The Bertz CT molecular complexity index is 494. The van der Waals surface area contributed by atoms with Crippen LogP contribution >= 0.6 is 0 Å². The van der Waals surface area contributed by atoms with Crippen LogP contribution in [0.15, 0.2) is 6.20 Å². The summed E-state index contributed by atoms with van der Waals surface area (Å²) in [7, 11) is 0. The predicted octanol–water partition coefficient (Wildman–Crippen LogP) is 1.08. The molecule has 3 heterocycles. The molecule has 1 atom stereocenters. The Hall–Kier alpha value is -1.40. The molecule has 2 fully saturated rings. The minimum atomic E-state index is 0.114. The van der Waals surface area contributed by atoms with Crippen LogP contribution < -0.4 is 0 Å². The number of ether oxygens (including phenoxy) is 1. The molecule has 2 saturated heterocycles. The summed E-state index contributed by atoms with van der Waals surface area (Å²) in [5.41, 5.74) is 1.67. The van der Waals surface area contributed by atoms with Gasteiger partial charge in [-0.3, -0.25) is 14.8 Å². The third-order valence-corrected chi connectivity index (χ3v) is 4.49. The van der Waals surface area contributed by atoms with Crippen LogP contribution in [0, 0.1) is 0 Å². The van der Waals surface area contributed by atoms with Crippen LogP contribution in [0.25, 0.3) is 0 Å². The van der Waals surface area contributed by atoms with Crippen molar-refractivity contribution in [2.45, 2.75) is 32.2 Å². The zero-order chi connectivity index (χ0) is 14.8. The molecule has 2 aliphatic heterocycles. The Labute approximate surface area is 125 Å². The van der Waals surface area contributed by atoms with Crippen LogP contribution in [-0.2, 0) is 4.74 Å². The first-order valence-corrected chi connectivity index (χ1v) is 7.81. The van der Waals surface area contributed by atoms with Gasteiger partial charge in [0.1, 0.15) is 0 Å². The minimum Gasteiger partial charge on any atom is -0.379 e. The van der Waals surface area contributed by atoms with Crippen LogP contribution in [0.4, 0.5) is 0 Å². The zero-order valence-corrected chi connectivity index (χ0v) is 12.8. The second-order valence-corrected chi connectivity index (χ2v) is 6.19. The van der Waals surface area contributed by atoms with E-state index in [1.165, 1.54) is 0 Å². The van der Waals surface area contributed by atoms with Crippen molar-refractivity contribution in [1.82, 2.24) is 20.0 Å². The Morgan fingerprint density at radius 3 is 2.86 bits per heavy atom. The van der Waals surface area contributed by atoms with Gasteiger partial charge in [0.2, 0.25) is 0 Å². The maximum atomic E-state index is 12.7. The highest BCUT2D eigenvalue weighted by Crippen LogP contribution is 2.22. The third kappa shape index (κ3) is 2.96. The van der Waals surface area contributed by atoms with E-state index in [9.17, 15) is 4.79 Å². The molecule has 0 unspecified atom stereocenters. The molecule has 116 valence electrons. The molecule has 0 aromatic carbocycles. The van der Waals surface area contributed by atoms with E-state index in [2.05, 4.69) is 28.9 Å². The fourth-order valence-electron chi connectivity index (χ4n) is 3.24. The number of carbonyl (C=O) groups excluding carboxylic acids is 1. The Morgan fingerprint density at radius 1 is 1.38 bits per heavy atom. The molecule has 6 nitrogen and oxygen atoms in total. The average Bonchev–Trinajstić information content (AvgIpc) is 3.17. The van der Waals surface area contributed by atoms with Gasteiger partial charge >= 0.3 is 0 Å².